The number of aliphatic hydroxyl groups excluding tert-OH is 1. The van der Waals surface area contributed by atoms with Crippen LogP contribution in [0.2, 0.25) is 0 Å². The molecule has 0 bridgehead atoms. The Morgan fingerprint density at radius 1 is 1.39 bits per heavy atom. The Kier molecular flexibility index (Phi) is 2.35. The molecule has 1 fully saturated rings. The molecule has 3 nitrogen and oxygen atoms in total. The second-order valence-electron chi connectivity index (χ2n) is 5.41. The van der Waals surface area contributed by atoms with Crippen molar-refractivity contribution >= 4 is 11.3 Å². The van der Waals surface area contributed by atoms with Crippen LogP contribution in [0.15, 0.2) is 24.0 Å². The van der Waals surface area contributed by atoms with Crippen LogP contribution in [0.1, 0.15) is 36.6 Å². The smallest absolute Gasteiger partial charge is 0.0957 e. The third kappa shape index (κ3) is 1.42. The average Bonchev–Trinajstić information content (AvgIpc) is 2.99. The molecular weight excluding hydrogens is 244 g/mol. The van der Waals surface area contributed by atoms with E-state index in [1.165, 1.54) is 22.6 Å². The molecule has 0 spiro atoms. The third-order valence-electron chi connectivity index (χ3n) is 4.34. The maximum absolute atomic E-state index is 9.92. The lowest BCUT2D eigenvalue weighted by atomic mass is 9.82. The van der Waals surface area contributed by atoms with Crippen LogP contribution < -0.4 is 0 Å². The fraction of sp³-hybridized carbons (Fsp3) is 0.500. The molecule has 1 N–H and O–H groups in total. The summed E-state index contributed by atoms with van der Waals surface area (Å²) in [6.07, 6.45) is 8.07. The van der Waals surface area contributed by atoms with Gasteiger partial charge in [0.15, 0.2) is 0 Å². The van der Waals surface area contributed by atoms with Crippen molar-refractivity contribution in [3.63, 3.8) is 0 Å². The molecule has 0 saturated heterocycles. The van der Waals surface area contributed by atoms with Crippen LogP contribution in [0.4, 0.5) is 0 Å². The molecule has 18 heavy (non-hydrogen) atoms. The molecule has 1 saturated carbocycles. The van der Waals surface area contributed by atoms with E-state index < -0.39 is 0 Å². The molecule has 94 valence electrons. The first-order valence-corrected chi connectivity index (χ1v) is 7.50. The molecule has 3 heterocycles. The molecule has 2 aliphatic rings. The first kappa shape index (κ1) is 10.8. The summed E-state index contributed by atoms with van der Waals surface area (Å²) < 4.78 is 2.31. The van der Waals surface area contributed by atoms with Crippen LogP contribution in [0.25, 0.3) is 11.3 Å². The summed E-state index contributed by atoms with van der Waals surface area (Å²) in [7, 11) is 0. The highest BCUT2D eigenvalue weighted by atomic mass is 32.1. The van der Waals surface area contributed by atoms with Gasteiger partial charge in [-0.3, -0.25) is 0 Å². The van der Waals surface area contributed by atoms with E-state index >= 15 is 0 Å². The zero-order valence-corrected chi connectivity index (χ0v) is 10.9. The van der Waals surface area contributed by atoms with Crippen molar-refractivity contribution in [1.82, 2.24) is 9.55 Å². The number of hydrogen-bond donors (Lipinski definition) is 1. The molecule has 4 heteroatoms. The summed E-state index contributed by atoms with van der Waals surface area (Å²) >= 11 is 1.85. The summed E-state index contributed by atoms with van der Waals surface area (Å²) in [6.45, 7) is 0. The lowest BCUT2D eigenvalue weighted by molar-refractivity contribution is 0.0892. The molecule has 2 aromatic heterocycles. The second kappa shape index (κ2) is 3.93. The first-order valence-electron chi connectivity index (χ1n) is 6.62. The van der Waals surface area contributed by atoms with E-state index in [1.54, 1.807) is 0 Å². The van der Waals surface area contributed by atoms with E-state index in [4.69, 9.17) is 0 Å². The molecule has 0 unspecified atom stereocenters. The molecule has 3 atom stereocenters. The Hall–Kier alpha value is -1.13. The summed E-state index contributed by atoms with van der Waals surface area (Å²) in [5.41, 5.74) is 2.60. The van der Waals surface area contributed by atoms with Gasteiger partial charge in [-0.25, -0.2) is 4.98 Å². The fourth-order valence-electron chi connectivity index (χ4n) is 3.55. The van der Waals surface area contributed by atoms with Gasteiger partial charge in [0.25, 0.3) is 0 Å². The summed E-state index contributed by atoms with van der Waals surface area (Å²) in [5, 5.41) is 12.1. The van der Waals surface area contributed by atoms with Gasteiger partial charge < -0.3 is 9.67 Å². The molecule has 0 radical (unpaired) electrons. The number of nitrogens with zero attached hydrogens (tertiary/aromatic N) is 2. The summed E-state index contributed by atoms with van der Waals surface area (Å²) in [6, 6.07) is 2.61. The van der Waals surface area contributed by atoms with Crippen LogP contribution in [0, 0.1) is 5.92 Å². The van der Waals surface area contributed by atoms with Crippen molar-refractivity contribution in [1.29, 1.82) is 0 Å². The molecule has 0 amide bonds. The van der Waals surface area contributed by atoms with Gasteiger partial charge in [0, 0.05) is 10.4 Å². The van der Waals surface area contributed by atoms with Crippen LogP contribution in [0.5, 0.6) is 0 Å². The first-order chi connectivity index (χ1) is 8.84. The fourth-order valence-corrected chi connectivity index (χ4v) is 4.65. The maximum Gasteiger partial charge on any atom is 0.0957 e. The van der Waals surface area contributed by atoms with Crippen LogP contribution in [-0.2, 0) is 0 Å². The molecule has 2 aromatic rings. The van der Waals surface area contributed by atoms with Crippen LogP contribution in [-0.4, -0.2) is 20.8 Å². The van der Waals surface area contributed by atoms with E-state index in [1.807, 2.05) is 23.9 Å². The standard InChI is InChI=1S/C14H16N2OS/c17-10-3-1-2-9(6-10)13-14-11(4-5-18-14)12-7-15-8-16(12)13/h4-5,7-10,13,17H,1-3,6H2/t9-,10+,13-/m0/s1. The minimum atomic E-state index is -0.111. The summed E-state index contributed by atoms with van der Waals surface area (Å²) in [5.74, 6) is 0.557. The van der Waals surface area contributed by atoms with Crippen molar-refractivity contribution in [2.75, 3.05) is 0 Å². The van der Waals surface area contributed by atoms with Gasteiger partial charge in [0.1, 0.15) is 0 Å². The zero-order chi connectivity index (χ0) is 12.1. The van der Waals surface area contributed by atoms with Crippen molar-refractivity contribution in [3.8, 4) is 11.3 Å². The third-order valence-corrected chi connectivity index (χ3v) is 5.33. The van der Waals surface area contributed by atoms with Crippen LogP contribution in [0.3, 0.4) is 0 Å². The van der Waals surface area contributed by atoms with Gasteiger partial charge in [-0.05, 0) is 36.6 Å². The summed E-state index contributed by atoms with van der Waals surface area (Å²) in [4.78, 5) is 5.76. The van der Waals surface area contributed by atoms with Gasteiger partial charge in [0.2, 0.25) is 0 Å². The van der Waals surface area contributed by atoms with Gasteiger partial charge in [-0.2, -0.15) is 0 Å². The highest BCUT2D eigenvalue weighted by Crippen LogP contribution is 2.49. The molecular formula is C14H16N2OS. The van der Waals surface area contributed by atoms with Gasteiger partial charge in [-0.15, -0.1) is 11.3 Å². The quantitative estimate of drug-likeness (QED) is 0.855. The molecule has 0 aromatic carbocycles. The minimum absolute atomic E-state index is 0.111. The second-order valence-corrected chi connectivity index (χ2v) is 6.36. The van der Waals surface area contributed by atoms with E-state index in [2.05, 4.69) is 21.0 Å². The van der Waals surface area contributed by atoms with E-state index in [0.29, 0.717) is 12.0 Å². The highest BCUT2D eigenvalue weighted by Gasteiger charge is 2.37. The van der Waals surface area contributed by atoms with Gasteiger partial charge in [-0.1, -0.05) is 6.42 Å². The SMILES string of the molecule is O[C@@H]1CCC[C@H]([C@H]2c3sccc3-c3cncn32)C1. The van der Waals surface area contributed by atoms with E-state index in [-0.39, 0.29) is 6.10 Å². The number of imidazole rings is 1. The minimum Gasteiger partial charge on any atom is -0.393 e. The number of hydrogen-bond acceptors (Lipinski definition) is 3. The number of thiophene rings is 1. The lowest BCUT2D eigenvalue weighted by Gasteiger charge is -2.31. The van der Waals surface area contributed by atoms with Crippen molar-refractivity contribution in [2.45, 2.75) is 37.8 Å². The molecule has 1 aliphatic carbocycles. The van der Waals surface area contributed by atoms with Gasteiger partial charge >= 0.3 is 0 Å². The Labute approximate surface area is 110 Å². The van der Waals surface area contributed by atoms with Crippen molar-refractivity contribution in [3.05, 3.63) is 28.8 Å². The lowest BCUT2D eigenvalue weighted by Crippen LogP contribution is -2.26. The molecule has 1 aliphatic heterocycles. The van der Waals surface area contributed by atoms with Crippen molar-refractivity contribution < 1.29 is 5.11 Å². The number of rotatable bonds is 1. The normalized spacial score (nSPS) is 30.2. The average molecular weight is 260 g/mol. The van der Waals surface area contributed by atoms with E-state index in [9.17, 15) is 5.11 Å². The predicted molar refractivity (Wildman–Crippen MR) is 71.6 cm³/mol. The monoisotopic (exact) mass is 260 g/mol. The number of fused-ring (bicyclic) bond motifs is 3. The van der Waals surface area contributed by atoms with Crippen molar-refractivity contribution in [2.24, 2.45) is 5.92 Å². The Bertz CT molecular complexity index is 534. The maximum atomic E-state index is 9.92. The zero-order valence-electron chi connectivity index (χ0n) is 10.1. The topological polar surface area (TPSA) is 38.1 Å². The number of aromatic nitrogens is 2. The Balaban J connectivity index is 1.77. The highest BCUT2D eigenvalue weighted by molar-refractivity contribution is 7.10. The van der Waals surface area contributed by atoms with Gasteiger partial charge in [0.05, 0.1) is 30.4 Å². The Morgan fingerprint density at radius 2 is 2.33 bits per heavy atom. The molecule has 4 rings (SSSR count). The van der Waals surface area contributed by atoms with E-state index in [0.717, 1.165) is 19.3 Å². The predicted octanol–water partition coefficient (Wildman–Crippen LogP) is 3.07. The Morgan fingerprint density at radius 3 is 3.22 bits per heavy atom. The largest absolute Gasteiger partial charge is 0.393 e. The number of aliphatic hydroxyl groups is 1. The van der Waals surface area contributed by atoms with Crippen LogP contribution >= 0.6 is 11.3 Å².